The highest BCUT2D eigenvalue weighted by atomic mass is 32.1. The Morgan fingerprint density at radius 3 is 2.17 bits per heavy atom. The molecule has 0 aliphatic heterocycles. The summed E-state index contributed by atoms with van der Waals surface area (Å²) in [4.78, 5) is 2.59. The van der Waals surface area contributed by atoms with Gasteiger partial charge in [-0.1, -0.05) is 27.7 Å². The Labute approximate surface area is 114 Å². The predicted octanol–water partition coefficient (Wildman–Crippen LogP) is 2.27. The second-order valence-electron chi connectivity index (χ2n) is 5.82. The van der Waals surface area contributed by atoms with Gasteiger partial charge in [-0.15, -0.1) is 11.3 Å². The second-order valence-corrected chi connectivity index (χ2v) is 6.99. The standard InChI is InChI=1S/C14H25NO2S/c1-5-14(9-16,10-17)15-8-11-6-7-12(18-11)13(2,3)4/h6-7,15-17H,5,8-10H2,1-4H3. The van der Waals surface area contributed by atoms with E-state index in [-0.39, 0.29) is 18.6 Å². The van der Waals surface area contributed by atoms with Crippen molar-refractivity contribution in [2.75, 3.05) is 13.2 Å². The molecule has 104 valence electrons. The third-order valence-corrected chi connectivity index (χ3v) is 4.83. The number of rotatable bonds is 6. The van der Waals surface area contributed by atoms with Crippen LogP contribution in [0.2, 0.25) is 0 Å². The van der Waals surface area contributed by atoms with E-state index in [4.69, 9.17) is 0 Å². The van der Waals surface area contributed by atoms with Crippen LogP contribution in [-0.4, -0.2) is 29.0 Å². The van der Waals surface area contributed by atoms with Gasteiger partial charge < -0.3 is 15.5 Å². The van der Waals surface area contributed by atoms with Crippen molar-refractivity contribution in [2.45, 2.75) is 51.6 Å². The summed E-state index contributed by atoms with van der Waals surface area (Å²) in [7, 11) is 0. The van der Waals surface area contributed by atoms with E-state index in [1.54, 1.807) is 11.3 Å². The van der Waals surface area contributed by atoms with E-state index in [0.29, 0.717) is 13.0 Å². The molecule has 0 fully saturated rings. The van der Waals surface area contributed by atoms with Crippen molar-refractivity contribution >= 4 is 11.3 Å². The van der Waals surface area contributed by atoms with Crippen molar-refractivity contribution in [3.05, 3.63) is 21.9 Å². The van der Waals surface area contributed by atoms with Gasteiger partial charge in [-0.05, 0) is 24.0 Å². The quantitative estimate of drug-likeness (QED) is 0.744. The first kappa shape index (κ1) is 15.6. The van der Waals surface area contributed by atoms with Gasteiger partial charge in [-0.25, -0.2) is 0 Å². The Balaban J connectivity index is 2.66. The van der Waals surface area contributed by atoms with Gasteiger partial charge in [0, 0.05) is 16.3 Å². The molecule has 1 heterocycles. The van der Waals surface area contributed by atoms with Gasteiger partial charge in [0.05, 0.1) is 18.8 Å². The molecular weight excluding hydrogens is 246 g/mol. The Bertz CT molecular complexity index is 356. The molecule has 0 radical (unpaired) electrons. The van der Waals surface area contributed by atoms with Crippen LogP contribution in [0.5, 0.6) is 0 Å². The van der Waals surface area contributed by atoms with E-state index in [9.17, 15) is 10.2 Å². The molecule has 1 rings (SSSR count). The maximum atomic E-state index is 9.37. The molecule has 1 aromatic heterocycles. The first-order valence-electron chi connectivity index (χ1n) is 6.43. The molecule has 0 unspecified atom stereocenters. The molecule has 0 atom stereocenters. The van der Waals surface area contributed by atoms with Crippen molar-refractivity contribution in [1.82, 2.24) is 5.32 Å². The Hall–Kier alpha value is -0.420. The van der Waals surface area contributed by atoms with E-state index in [1.807, 2.05) is 6.92 Å². The van der Waals surface area contributed by atoms with Crippen molar-refractivity contribution in [3.8, 4) is 0 Å². The summed E-state index contributed by atoms with van der Waals surface area (Å²) in [6, 6.07) is 4.28. The Morgan fingerprint density at radius 2 is 1.78 bits per heavy atom. The summed E-state index contributed by atoms with van der Waals surface area (Å²) in [5, 5.41) is 22.0. The fraction of sp³-hybridized carbons (Fsp3) is 0.714. The zero-order chi connectivity index (χ0) is 13.8. The number of aliphatic hydroxyl groups is 2. The molecule has 0 saturated heterocycles. The zero-order valence-electron chi connectivity index (χ0n) is 11.8. The SMILES string of the molecule is CCC(CO)(CO)NCc1ccc(C(C)(C)C)s1. The monoisotopic (exact) mass is 271 g/mol. The minimum Gasteiger partial charge on any atom is -0.394 e. The van der Waals surface area contributed by atoms with E-state index in [1.165, 1.54) is 9.75 Å². The fourth-order valence-electron chi connectivity index (χ4n) is 1.66. The maximum Gasteiger partial charge on any atom is 0.0648 e. The smallest absolute Gasteiger partial charge is 0.0648 e. The summed E-state index contributed by atoms with van der Waals surface area (Å²) in [5.41, 5.74) is -0.384. The van der Waals surface area contributed by atoms with Crippen LogP contribution in [0, 0.1) is 0 Å². The molecule has 0 saturated carbocycles. The third kappa shape index (κ3) is 3.79. The van der Waals surface area contributed by atoms with Crippen molar-refractivity contribution in [1.29, 1.82) is 0 Å². The summed E-state index contributed by atoms with van der Waals surface area (Å²) in [6.07, 6.45) is 0.706. The van der Waals surface area contributed by atoms with Crippen LogP contribution in [0.4, 0.5) is 0 Å². The topological polar surface area (TPSA) is 52.5 Å². The van der Waals surface area contributed by atoms with Crippen molar-refractivity contribution < 1.29 is 10.2 Å². The highest BCUT2D eigenvalue weighted by Crippen LogP contribution is 2.29. The van der Waals surface area contributed by atoms with Gasteiger partial charge in [0.25, 0.3) is 0 Å². The van der Waals surface area contributed by atoms with Crippen LogP contribution >= 0.6 is 11.3 Å². The predicted molar refractivity (Wildman–Crippen MR) is 77.1 cm³/mol. The van der Waals surface area contributed by atoms with Crippen LogP contribution < -0.4 is 5.32 Å². The van der Waals surface area contributed by atoms with Crippen LogP contribution in [0.15, 0.2) is 12.1 Å². The fourth-order valence-corrected chi connectivity index (χ4v) is 2.67. The van der Waals surface area contributed by atoms with Crippen LogP contribution in [0.1, 0.15) is 43.9 Å². The molecule has 0 amide bonds. The van der Waals surface area contributed by atoms with Gasteiger partial charge >= 0.3 is 0 Å². The second kappa shape index (κ2) is 6.15. The van der Waals surface area contributed by atoms with Crippen LogP contribution in [0.25, 0.3) is 0 Å². The lowest BCUT2D eigenvalue weighted by Gasteiger charge is -2.29. The normalized spacial score (nSPS) is 13.0. The molecule has 0 spiro atoms. The molecule has 0 aliphatic rings. The van der Waals surface area contributed by atoms with Crippen molar-refractivity contribution in [2.24, 2.45) is 0 Å². The van der Waals surface area contributed by atoms with Gasteiger partial charge in [0.2, 0.25) is 0 Å². The number of nitrogens with one attached hydrogen (secondary N) is 1. The molecule has 3 nitrogen and oxygen atoms in total. The van der Waals surface area contributed by atoms with Gasteiger partial charge in [0.15, 0.2) is 0 Å². The minimum atomic E-state index is -0.564. The summed E-state index contributed by atoms with van der Waals surface area (Å²) in [6.45, 7) is 9.18. The zero-order valence-corrected chi connectivity index (χ0v) is 12.6. The highest BCUT2D eigenvalue weighted by Gasteiger charge is 2.26. The summed E-state index contributed by atoms with van der Waals surface area (Å²) >= 11 is 1.79. The molecule has 4 heteroatoms. The van der Waals surface area contributed by atoms with E-state index >= 15 is 0 Å². The number of hydrogen-bond acceptors (Lipinski definition) is 4. The number of hydrogen-bond donors (Lipinski definition) is 3. The van der Waals surface area contributed by atoms with Gasteiger partial charge in [0.1, 0.15) is 0 Å². The molecule has 3 N–H and O–H groups in total. The molecule has 1 aromatic rings. The van der Waals surface area contributed by atoms with Crippen LogP contribution in [-0.2, 0) is 12.0 Å². The number of aliphatic hydroxyl groups excluding tert-OH is 2. The highest BCUT2D eigenvalue weighted by molar-refractivity contribution is 7.12. The molecule has 0 aromatic carbocycles. The van der Waals surface area contributed by atoms with E-state index in [0.717, 1.165) is 0 Å². The first-order chi connectivity index (χ1) is 8.37. The molecule has 0 bridgehead atoms. The maximum absolute atomic E-state index is 9.37. The lowest BCUT2D eigenvalue weighted by molar-refractivity contribution is 0.0866. The lowest BCUT2D eigenvalue weighted by atomic mass is 9.95. The Kier molecular flexibility index (Phi) is 5.34. The van der Waals surface area contributed by atoms with E-state index in [2.05, 4.69) is 38.2 Å². The minimum absolute atomic E-state index is 0.0441. The average Bonchev–Trinajstić information content (AvgIpc) is 2.80. The average molecular weight is 271 g/mol. The molecule has 0 aliphatic carbocycles. The number of thiophene rings is 1. The summed E-state index contributed by atoms with van der Waals surface area (Å²) < 4.78 is 0. The van der Waals surface area contributed by atoms with E-state index < -0.39 is 5.54 Å². The molecular formula is C14H25NO2S. The Morgan fingerprint density at radius 1 is 1.17 bits per heavy atom. The lowest BCUT2D eigenvalue weighted by Crippen LogP contribution is -2.50. The van der Waals surface area contributed by atoms with Crippen molar-refractivity contribution in [3.63, 3.8) is 0 Å². The third-order valence-electron chi connectivity index (χ3n) is 3.32. The molecule has 18 heavy (non-hydrogen) atoms. The van der Waals surface area contributed by atoms with Gasteiger partial charge in [-0.2, -0.15) is 0 Å². The largest absolute Gasteiger partial charge is 0.394 e. The van der Waals surface area contributed by atoms with Gasteiger partial charge in [-0.3, -0.25) is 0 Å². The first-order valence-corrected chi connectivity index (χ1v) is 7.24. The van der Waals surface area contributed by atoms with Crippen LogP contribution in [0.3, 0.4) is 0 Å². The summed E-state index contributed by atoms with van der Waals surface area (Å²) in [5.74, 6) is 0.